The Bertz CT molecular complexity index is 452. The lowest BCUT2D eigenvalue weighted by Gasteiger charge is -2.26. The van der Waals surface area contributed by atoms with Crippen LogP contribution in [0.5, 0.6) is 0 Å². The third kappa shape index (κ3) is 2.96. The van der Waals surface area contributed by atoms with Crippen LogP contribution >= 0.6 is 22.6 Å². The van der Waals surface area contributed by atoms with E-state index in [0.29, 0.717) is 12.4 Å². The maximum absolute atomic E-state index is 12.7. The molecule has 0 radical (unpaired) electrons. The van der Waals surface area contributed by atoms with E-state index < -0.39 is 11.7 Å². The number of pyridine rings is 1. The van der Waals surface area contributed by atoms with E-state index in [2.05, 4.69) is 27.6 Å². The van der Waals surface area contributed by atoms with Crippen molar-refractivity contribution in [2.24, 2.45) is 11.7 Å². The van der Waals surface area contributed by atoms with E-state index in [1.807, 2.05) is 11.8 Å². The average molecular weight is 385 g/mol. The second kappa shape index (κ2) is 5.43. The molecule has 1 saturated heterocycles. The van der Waals surface area contributed by atoms with Crippen LogP contribution in [-0.2, 0) is 6.18 Å². The monoisotopic (exact) mass is 385 g/mol. The molecule has 0 spiro atoms. The molecule has 0 bridgehead atoms. The van der Waals surface area contributed by atoms with E-state index in [1.54, 1.807) is 0 Å². The lowest BCUT2D eigenvalue weighted by molar-refractivity contribution is -0.137. The fraction of sp³-hybridized carbons (Fsp3) is 0.583. The molecule has 7 heteroatoms. The minimum absolute atomic E-state index is 0.0314. The summed E-state index contributed by atoms with van der Waals surface area (Å²) in [6.07, 6.45) is -3.14. The Labute approximate surface area is 123 Å². The van der Waals surface area contributed by atoms with Crippen molar-refractivity contribution in [3.05, 3.63) is 23.9 Å². The average Bonchev–Trinajstić information content (AvgIpc) is 2.64. The Hall–Kier alpha value is -0.570. The van der Waals surface area contributed by atoms with Gasteiger partial charge in [0.05, 0.1) is 5.56 Å². The Morgan fingerprint density at radius 1 is 1.53 bits per heavy atom. The molecular formula is C12H15F3IN3. The van der Waals surface area contributed by atoms with Crippen LogP contribution in [-0.4, -0.2) is 28.0 Å². The molecule has 0 saturated carbocycles. The highest BCUT2D eigenvalue weighted by Gasteiger charge is 2.38. The van der Waals surface area contributed by atoms with Crippen molar-refractivity contribution in [3.63, 3.8) is 0 Å². The number of alkyl halides is 4. The van der Waals surface area contributed by atoms with Gasteiger partial charge < -0.3 is 10.6 Å². The summed E-state index contributed by atoms with van der Waals surface area (Å²) in [5.74, 6) is 0.601. The van der Waals surface area contributed by atoms with Crippen LogP contribution in [0.1, 0.15) is 12.5 Å². The summed E-state index contributed by atoms with van der Waals surface area (Å²) in [4.78, 5) is 5.95. The summed E-state index contributed by atoms with van der Waals surface area (Å²) in [7, 11) is 0. The van der Waals surface area contributed by atoms with Gasteiger partial charge in [-0.1, -0.05) is 29.5 Å². The van der Waals surface area contributed by atoms with Crippen molar-refractivity contribution in [2.75, 3.05) is 15.9 Å². The van der Waals surface area contributed by atoms with Crippen LogP contribution in [0.2, 0.25) is 0 Å². The number of aromatic nitrogens is 1. The van der Waals surface area contributed by atoms with Crippen molar-refractivity contribution >= 4 is 28.4 Å². The summed E-state index contributed by atoms with van der Waals surface area (Å²) in [5, 5.41) is 0. The highest BCUT2D eigenvalue weighted by Crippen LogP contribution is 2.34. The van der Waals surface area contributed by atoms with E-state index >= 15 is 0 Å². The van der Waals surface area contributed by atoms with Gasteiger partial charge in [-0.05, 0) is 18.1 Å². The van der Waals surface area contributed by atoms with Gasteiger partial charge in [-0.2, -0.15) is 13.2 Å². The molecule has 1 unspecified atom stereocenters. The lowest BCUT2D eigenvalue weighted by atomic mass is 10.0. The molecule has 1 aliphatic rings. The Morgan fingerprint density at radius 2 is 2.21 bits per heavy atom. The Morgan fingerprint density at radius 3 is 2.79 bits per heavy atom. The maximum atomic E-state index is 12.7. The number of nitrogens with zero attached hydrogens (tertiary/aromatic N) is 2. The zero-order valence-electron chi connectivity index (χ0n) is 10.4. The first-order valence-corrected chi connectivity index (χ1v) is 7.48. The first-order valence-electron chi connectivity index (χ1n) is 5.96. The molecule has 2 N–H and O–H groups in total. The number of anilines is 1. The molecule has 0 aliphatic carbocycles. The molecule has 1 aliphatic heterocycles. The summed E-state index contributed by atoms with van der Waals surface area (Å²) < 4.78 is 39.0. The first kappa shape index (κ1) is 14.8. The molecule has 19 heavy (non-hydrogen) atoms. The van der Waals surface area contributed by atoms with Crippen molar-refractivity contribution in [2.45, 2.75) is 25.2 Å². The highest BCUT2D eigenvalue weighted by molar-refractivity contribution is 14.1. The van der Waals surface area contributed by atoms with Gasteiger partial charge in [0, 0.05) is 29.3 Å². The van der Waals surface area contributed by atoms with Gasteiger partial charge in [0.25, 0.3) is 0 Å². The normalized spacial score (nSPS) is 27.9. The molecule has 1 aromatic heterocycles. The van der Waals surface area contributed by atoms with Gasteiger partial charge in [-0.3, -0.25) is 0 Å². The van der Waals surface area contributed by atoms with Crippen LogP contribution in [0.3, 0.4) is 0 Å². The maximum Gasteiger partial charge on any atom is 0.416 e. The van der Waals surface area contributed by atoms with Crippen molar-refractivity contribution in [1.82, 2.24) is 4.98 Å². The molecule has 2 rings (SSSR count). The smallest absolute Gasteiger partial charge is 0.351 e. The summed E-state index contributed by atoms with van der Waals surface area (Å²) in [6, 6.07) is 2.19. The quantitative estimate of drug-likeness (QED) is 0.629. The zero-order chi connectivity index (χ0) is 14.2. The molecule has 106 valence electrons. The predicted molar refractivity (Wildman–Crippen MR) is 76.4 cm³/mol. The van der Waals surface area contributed by atoms with Crippen molar-refractivity contribution in [3.8, 4) is 0 Å². The molecule has 3 nitrogen and oxygen atoms in total. The molecule has 3 atom stereocenters. The SMILES string of the molecule is CC1[C@H](N)CN(c2cc(C(F)(F)F)ccn2)[C@@H]1CI. The predicted octanol–water partition coefficient (Wildman–Crippen LogP) is 2.69. The van der Waals surface area contributed by atoms with Crippen LogP contribution in [0.25, 0.3) is 0 Å². The topological polar surface area (TPSA) is 42.1 Å². The van der Waals surface area contributed by atoms with Gasteiger partial charge in [0.1, 0.15) is 5.82 Å². The Balaban J connectivity index is 2.32. The lowest BCUT2D eigenvalue weighted by Crippen LogP contribution is -2.34. The summed E-state index contributed by atoms with van der Waals surface area (Å²) in [6.45, 7) is 2.57. The van der Waals surface area contributed by atoms with Gasteiger partial charge in [-0.15, -0.1) is 0 Å². The van der Waals surface area contributed by atoms with E-state index in [4.69, 9.17) is 5.73 Å². The highest BCUT2D eigenvalue weighted by atomic mass is 127. The van der Waals surface area contributed by atoms with Crippen molar-refractivity contribution in [1.29, 1.82) is 0 Å². The minimum Gasteiger partial charge on any atom is -0.351 e. The molecule has 1 aromatic rings. The van der Waals surface area contributed by atoms with Gasteiger partial charge >= 0.3 is 6.18 Å². The minimum atomic E-state index is -4.34. The van der Waals surface area contributed by atoms with Crippen molar-refractivity contribution < 1.29 is 13.2 Å². The standard InChI is InChI=1S/C12H15F3IN3/c1-7-9(17)6-19(10(7)5-16)11-4-8(2-3-18-11)12(13,14)15/h2-4,7,9-10H,5-6,17H2,1H3/t7?,9-,10-/m1/s1. The van der Waals surface area contributed by atoms with E-state index in [0.717, 1.165) is 16.6 Å². The third-order valence-corrected chi connectivity index (χ3v) is 4.52. The summed E-state index contributed by atoms with van der Waals surface area (Å²) >= 11 is 2.23. The first-order chi connectivity index (χ1) is 8.84. The molecule has 1 fully saturated rings. The number of hydrogen-bond donors (Lipinski definition) is 1. The van der Waals surface area contributed by atoms with Crippen LogP contribution in [0.4, 0.5) is 19.0 Å². The fourth-order valence-electron chi connectivity index (χ4n) is 2.34. The van der Waals surface area contributed by atoms with Gasteiger partial charge in [0.2, 0.25) is 0 Å². The number of rotatable bonds is 2. The van der Waals surface area contributed by atoms with Crippen LogP contribution in [0.15, 0.2) is 18.3 Å². The van der Waals surface area contributed by atoms with Crippen LogP contribution < -0.4 is 10.6 Å². The Kier molecular flexibility index (Phi) is 4.24. The molecule has 0 amide bonds. The fourth-order valence-corrected chi connectivity index (χ4v) is 3.61. The molecular weight excluding hydrogens is 370 g/mol. The van der Waals surface area contributed by atoms with E-state index in [9.17, 15) is 13.2 Å². The molecule has 0 aromatic carbocycles. The molecule has 2 heterocycles. The number of hydrogen-bond acceptors (Lipinski definition) is 3. The third-order valence-electron chi connectivity index (χ3n) is 3.62. The van der Waals surface area contributed by atoms with E-state index in [-0.39, 0.29) is 18.0 Å². The van der Waals surface area contributed by atoms with Crippen LogP contribution in [0, 0.1) is 5.92 Å². The second-order valence-corrected chi connectivity index (χ2v) is 5.68. The van der Waals surface area contributed by atoms with Gasteiger partial charge in [-0.25, -0.2) is 4.98 Å². The van der Waals surface area contributed by atoms with E-state index in [1.165, 1.54) is 6.20 Å². The number of nitrogens with two attached hydrogens (primary N) is 1. The largest absolute Gasteiger partial charge is 0.416 e. The summed E-state index contributed by atoms with van der Waals surface area (Å²) in [5.41, 5.74) is 5.33. The number of halogens is 4. The zero-order valence-corrected chi connectivity index (χ0v) is 12.5. The second-order valence-electron chi connectivity index (χ2n) is 4.80. The van der Waals surface area contributed by atoms with Gasteiger partial charge in [0.15, 0.2) is 0 Å².